The molecule has 0 saturated heterocycles. The van der Waals surface area contributed by atoms with Crippen LogP contribution in [-0.2, 0) is 0 Å². The van der Waals surface area contributed by atoms with Crippen molar-refractivity contribution in [1.82, 2.24) is 0 Å². The van der Waals surface area contributed by atoms with Crippen molar-refractivity contribution in [2.45, 2.75) is 20.8 Å². The smallest absolute Gasteiger partial charge is 0.116 e. The lowest BCUT2D eigenvalue weighted by Gasteiger charge is -2.09. The van der Waals surface area contributed by atoms with Crippen LogP contribution in [0.4, 0.5) is 0 Å². The Morgan fingerprint density at radius 1 is 1.00 bits per heavy atom. The minimum Gasteiger partial charge on any atom is -0.508 e. The molecule has 18 heavy (non-hydrogen) atoms. The van der Waals surface area contributed by atoms with Gasteiger partial charge in [-0.05, 0) is 42.2 Å². The average Bonchev–Trinajstić information content (AvgIpc) is 2.37. The van der Waals surface area contributed by atoms with E-state index in [1.165, 1.54) is 16.2 Å². The first kappa shape index (κ1) is 12.4. The molecule has 1 nitrogen and oxygen atoms in total. The van der Waals surface area contributed by atoms with Gasteiger partial charge in [0.25, 0.3) is 0 Å². The summed E-state index contributed by atoms with van der Waals surface area (Å²) in [5.74, 6) is 0.122. The lowest BCUT2D eigenvalue weighted by Crippen LogP contribution is -2.12. The largest absolute Gasteiger partial charge is 0.508 e. The van der Waals surface area contributed by atoms with E-state index in [-0.39, 0.29) is 5.76 Å². The molecule has 1 N–H and O–H groups in total. The van der Waals surface area contributed by atoms with Gasteiger partial charge in [-0.1, -0.05) is 43.0 Å². The molecule has 0 fully saturated rings. The molecule has 0 saturated carbocycles. The summed E-state index contributed by atoms with van der Waals surface area (Å²) in [6.07, 6.45) is 4.16. The molecule has 1 heteroatoms. The maximum absolute atomic E-state index is 9.78. The van der Waals surface area contributed by atoms with Crippen molar-refractivity contribution in [1.29, 1.82) is 0 Å². The van der Waals surface area contributed by atoms with Gasteiger partial charge >= 0.3 is 0 Å². The highest BCUT2D eigenvalue weighted by Crippen LogP contribution is 2.19. The zero-order chi connectivity index (χ0) is 13.3. The molecule has 0 aliphatic rings. The van der Waals surface area contributed by atoms with Crippen molar-refractivity contribution in [3.8, 4) is 0 Å². The van der Waals surface area contributed by atoms with Crippen LogP contribution in [0.3, 0.4) is 0 Å². The van der Waals surface area contributed by atoms with Crippen LogP contribution >= 0.6 is 0 Å². The first-order valence-corrected chi connectivity index (χ1v) is 6.13. The normalized spacial score (nSPS) is 13.3. The van der Waals surface area contributed by atoms with Gasteiger partial charge in [-0.25, -0.2) is 0 Å². The van der Waals surface area contributed by atoms with Gasteiger partial charge in [-0.2, -0.15) is 0 Å². The minimum absolute atomic E-state index is 0.122. The van der Waals surface area contributed by atoms with Gasteiger partial charge in [0.2, 0.25) is 0 Å². The lowest BCUT2D eigenvalue weighted by molar-refractivity contribution is 0.514. The van der Waals surface area contributed by atoms with Crippen LogP contribution in [0.1, 0.15) is 25.0 Å². The van der Waals surface area contributed by atoms with Crippen LogP contribution in [0.5, 0.6) is 0 Å². The second-order valence-electron chi connectivity index (χ2n) is 4.45. The number of hydrogen-bond donors (Lipinski definition) is 1. The average molecular weight is 238 g/mol. The Bertz CT molecular complexity index is 736. The van der Waals surface area contributed by atoms with E-state index in [1.54, 1.807) is 0 Å². The van der Waals surface area contributed by atoms with Crippen molar-refractivity contribution in [3.05, 3.63) is 52.4 Å². The van der Waals surface area contributed by atoms with E-state index >= 15 is 0 Å². The van der Waals surface area contributed by atoms with Gasteiger partial charge in [0.1, 0.15) is 5.76 Å². The highest BCUT2D eigenvalue weighted by atomic mass is 16.3. The summed E-state index contributed by atoms with van der Waals surface area (Å²) >= 11 is 0. The predicted molar refractivity (Wildman–Crippen MR) is 79.9 cm³/mol. The standard InChI is InChI=1S/C17H18O/c1-5-13-9-10-15(12(4)18)17-14(6-2)8-7-11(3)16(13)17/h5-10,18H,4H2,1-3H3/b13-5-,14-6-. The SMILES string of the molecule is C=C(O)c1cc/c(=C/C)c2c(C)cc/c(=C/C)c12. The van der Waals surface area contributed by atoms with E-state index in [2.05, 4.69) is 37.8 Å². The van der Waals surface area contributed by atoms with Gasteiger partial charge in [0.15, 0.2) is 0 Å². The molecule has 0 aliphatic heterocycles. The fourth-order valence-corrected chi connectivity index (χ4v) is 2.45. The molecule has 0 aromatic heterocycles. The van der Waals surface area contributed by atoms with Crippen LogP contribution < -0.4 is 10.4 Å². The molecular weight excluding hydrogens is 220 g/mol. The lowest BCUT2D eigenvalue weighted by atomic mass is 9.96. The third-order valence-corrected chi connectivity index (χ3v) is 3.37. The highest BCUT2D eigenvalue weighted by molar-refractivity contribution is 5.95. The summed E-state index contributed by atoms with van der Waals surface area (Å²) < 4.78 is 0. The summed E-state index contributed by atoms with van der Waals surface area (Å²) in [6.45, 7) is 9.81. The van der Waals surface area contributed by atoms with Crippen LogP contribution in [-0.4, -0.2) is 5.11 Å². The fraction of sp³-hybridized carbons (Fsp3) is 0.176. The molecule has 2 aromatic carbocycles. The number of rotatable bonds is 1. The zero-order valence-corrected chi connectivity index (χ0v) is 11.1. The molecule has 0 heterocycles. The Hall–Kier alpha value is -2.02. The van der Waals surface area contributed by atoms with Gasteiger partial charge < -0.3 is 5.11 Å². The maximum Gasteiger partial charge on any atom is 0.116 e. The summed E-state index contributed by atoms with van der Waals surface area (Å²) in [6, 6.07) is 8.18. The Balaban J connectivity index is 3.21. The molecule has 0 amide bonds. The number of aliphatic hydroxyl groups excluding tert-OH is 1. The Kier molecular flexibility index (Phi) is 3.24. The van der Waals surface area contributed by atoms with E-state index < -0.39 is 0 Å². The molecule has 0 aliphatic carbocycles. The Morgan fingerprint density at radius 3 is 2.11 bits per heavy atom. The summed E-state index contributed by atoms with van der Waals surface area (Å²) in [4.78, 5) is 0. The number of fused-ring (bicyclic) bond motifs is 1. The molecule has 2 rings (SSSR count). The number of benzene rings is 2. The van der Waals surface area contributed by atoms with Crippen molar-refractivity contribution in [2.75, 3.05) is 0 Å². The predicted octanol–water partition coefficient (Wildman–Crippen LogP) is 3.28. The first-order chi connectivity index (χ1) is 8.60. The summed E-state index contributed by atoms with van der Waals surface area (Å²) in [5, 5.41) is 14.4. The minimum atomic E-state index is 0.122. The first-order valence-electron chi connectivity index (χ1n) is 6.13. The second kappa shape index (κ2) is 4.69. The third kappa shape index (κ3) is 1.82. The number of hydrogen-bond acceptors (Lipinski definition) is 1. The Labute approximate surface area is 107 Å². The third-order valence-electron chi connectivity index (χ3n) is 3.37. The van der Waals surface area contributed by atoms with E-state index in [1.807, 2.05) is 26.0 Å². The van der Waals surface area contributed by atoms with E-state index in [4.69, 9.17) is 0 Å². The van der Waals surface area contributed by atoms with Gasteiger partial charge in [0.05, 0.1) is 0 Å². The zero-order valence-electron chi connectivity index (χ0n) is 11.1. The molecular formula is C17H18O. The van der Waals surface area contributed by atoms with Crippen molar-refractivity contribution < 1.29 is 5.11 Å². The van der Waals surface area contributed by atoms with Crippen LogP contribution in [0.25, 0.3) is 28.7 Å². The van der Waals surface area contributed by atoms with E-state index in [0.29, 0.717) is 0 Å². The van der Waals surface area contributed by atoms with E-state index in [0.717, 1.165) is 16.2 Å². The maximum atomic E-state index is 9.78. The monoisotopic (exact) mass is 238 g/mol. The Morgan fingerprint density at radius 2 is 1.56 bits per heavy atom. The summed E-state index contributed by atoms with van der Waals surface area (Å²) in [5.41, 5.74) is 2.03. The van der Waals surface area contributed by atoms with Crippen molar-refractivity contribution in [2.24, 2.45) is 0 Å². The highest BCUT2D eigenvalue weighted by Gasteiger charge is 2.07. The fourth-order valence-electron chi connectivity index (χ4n) is 2.45. The molecule has 0 unspecified atom stereocenters. The van der Waals surface area contributed by atoms with Gasteiger partial charge in [-0.15, -0.1) is 0 Å². The molecule has 0 radical (unpaired) electrons. The molecule has 0 atom stereocenters. The number of aliphatic hydroxyl groups is 1. The van der Waals surface area contributed by atoms with Crippen LogP contribution in [0, 0.1) is 6.92 Å². The van der Waals surface area contributed by atoms with Crippen molar-refractivity contribution in [3.63, 3.8) is 0 Å². The van der Waals surface area contributed by atoms with Gasteiger partial charge in [-0.3, -0.25) is 0 Å². The molecule has 0 spiro atoms. The number of aryl methyl sites for hydroxylation is 1. The van der Waals surface area contributed by atoms with Gasteiger partial charge in [0, 0.05) is 10.9 Å². The molecule has 2 aromatic rings. The van der Waals surface area contributed by atoms with Crippen LogP contribution in [0.2, 0.25) is 0 Å². The quantitative estimate of drug-likeness (QED) is 0.756. The summed E-state index contributed by atoms with van der Waals surface area (Å²) in [7, 11) is 0. The van der Waals surface area contributed by atoms with Crippen LogP contribution in [0.15, 0.2) is 30.8 Å². The molecule has 0 bridgehead atoms. The van der Waals surface area contributed by atoms with E-state index in [9.17, 15) is 5.11 Å². The second-order valence-corrected chi connectivity index (χ2v) is 4.45. The topological polar surface area (TPSA) is 20.2 Å². The van der Waals surface area contributed by atoms with Crippen molar-refractivity contribution >= 4 is 28.7 Å². The molecule has 92 valence electrons.